The molecule has 1 saturated heterocycles. The first-order valence-corrected chi connectivity index (χ1v) is 10.4. The minimum atomic E-state index is -0.0658. The van der Waals surface area contributed by atoms with Crippen molar-refractivity contribution < 1.29 is 14.3 Å². The zero-order valence-electron chi connectivity index (χ0n) is 17.9. The molecule has 0 radical (unpaired) electrons. The van der Waals surface area contributed by atoms with Gasteiger partial charge in [-0.1, -0.05) is 19.1 Å². The molecule has 1 amide bonds. The van der Waals surface area contributed by atoms with Crippen molar-refractivity contribution in [1.82, 2.24) is 20.9 Å². The number of aliphatic imine (C=N–C) groups is 1. The van der Waals surface area contributed by atoms with Crippen LogP contribution < -0.4 is 20.7 Å². The molecule has 3 N–H and O–H groups in total. The van der Waals surface area contributed by atoms with Gasteiger partial charge in [0.2, 0.25) is 5.91 Å². The van der Waals surface area contributed by atoms with Gasteiger partial charge in [0.05, 0.1) is 26.4 Å². The Bertz CT molecular complexity index is 630. The average molecular weight is 406 g/mol. The number of hydrogen-bond donors (Lipinski definition) is 3. The van der Waals surface area contributed by atoms with Crippen molar-refractivity contribution in [3.05, 3.63) is 29.8 Å². The van der Waals surface area contributed by atoms with Crippen LogP contribution in [0.5, 0.6) is 5.75 Å². The molecule has 162 valence electrons. The first-order valence-electron chi connectivity index (χ1n) is 10.4. The van der Waals surface area contributed by atoms with Gasteiger partial charge < -0.3 is 25.4 Å². The summed E-state index contributed by atoms with van der Waals surface area (Å²) in [5.74, 6) is 1.42. The molecule has 2 rings (SSSR count). The van der Waals surface area contributed by atoms with E-state index in [1.165, 1.54) is 5.56 Å². The van der Waals surface area contributed by atoms with Gasteiger partial charge >= 0.3 is 0 Å². The molecule has 1 atom stereocenters. The fourth-order valence-corrected chi connectivity index (χ4v) is 3.18. The molecule has 0 spiro atoms. The highest BCUT2D eigenvalue weighted by Crippen LogP contribution is 2.23. The summed E-state index contributed by atoms with van der Waals surface area (Å²) in [7, 11) is 1.67. The Morgan fingerprint density at radius 2 is 1.90 bits per heavy atom. The summed E-state index contributed by atoms with van der Waals surface area (Å²) in [6, 6.07) is 8.34. The van der Waals surface area contributed by atoms with Crippen LogP contribution in [-0.4, -0.2) is 76.4 Å². The third kappa shape index (κ3) is 7.91. The lowest BCUT2D eigenvalue weighted by molar-refractivity contribution is -0.119. The Kier molecular flexibility index (Phi) is 10.3. The van der Waals surface area contributed by atoms with E-state index in [1.54, 1.807) is 7.11 Å². The third-order valence-corrected chi connectivity index (χ3v) is 4.75. The van der Waals surface area contributed by atoms with Gasteiger partial charge in [-0.25, -0.2) is 4.99 Å². The number of methoxy groups -OCH3 is 1. The fraction of sp³-hybridized carbons (Fsp3) is 0.619. The summed E-state index contributed by atoms with van der Waals surface area (Å²) in [4.78, 5) is 18.7. The predicted octanol–water partition coefficient (Wildman–Crippen LogP) is 1.15. The Labute approximate surface area is 174 Å². The van der Waals surface area contributed by atoms with E-state index in [0.29, 0.717) is 19.0 Å². The number of carbonyl (C=O) groups is 1. The van der Waals surface area contributed by atoms with E-state index >= 15 is 0 Å². The number of nitrogens with zero attached hydrogens (tertiary/aromatic N) is 2. The zero-order chi connectivity index (χ0) is 20.9. The highest BCUT2D eigenvalue weighted by molar-refractivity contribution is 5.84. The number of carbonyl (C=O) groups excluding carboxylic acids is 1. The molecule has 1 unspecified atom stereocenters. The third-order valence-electron chi connectivity index (χ3n) is 4.75. The second kappa shape index (κ2) is 13.0. The van der Waals surface area contributed by atoms with Crippen molar-refractivity contribution >= 4 is 11.9 Å². The lowest BCUT2D eigenvalue weighted by atomic mass is 10.0. The van der Waals surface area contributed by atoms with E-state index in [0.717, 1.165) is 45.0 Å². The van der Waals surface area contributed by atoms with Crippen molar-refractivity contribution in [1.29, 1.82) is 0 Å². The van der Waals surface area contributed by atoms with E-state index in [4.69, 9.17) is 9.47 Å². The van der Waals surface area contributed by atoms with Crippen LogP contribution in [0.2, 0.25) is 0 Å². The van der Waals surface area contributed by atoms with Crippen molar-refractivity contribution in [2.75, 3.05) is 59.6 Å². The molecular weight excluding hydrogens is 370 g/mol. The minimum Gasteiger partial charge on any atom is -0.497 e. The highest BCUT2D eigenvalue weighted by Gasteiger charge is 2.23. The largest absolute Gasteiger partial charge is 0.497 e. The monoisotopic (exact) mass is 405 g/mol. The van der Waals surface area contributed by atoms with E-state index in [-0.39, 0.29) is 18.5 Å². The Morgan fingerprint density at radius 1 is 1.17 bits per heavy atom. The van der Waals surface area contributed by atoms with Crippen molar-refractivity contribution in [3.63, 3.8) is 0 Å². The van der Waals surface area contributed by atoms with Crippen LogP contribution in [0.4, 0.5) is 0 Å². The standard InChI is InChI=1S/C21H35N5O3/c1-4-10-23-20(27)16-25-21(22-5-2)24-15-19(26-11-13-29-14-12-26)17-6-8-18(28-3)9-7-17/h6-9,19H,4-5,10-16H2,1-3H3,(H,23,27)(H2,22,24,25). The number of amides is 1. The summed E-state index contributed by atoms with van der Waals surface area (Å²) < 4.78 is 10.8. The Morgan fingerprint density at radius 3 is 2.52 bits per heavy atom. The molecule has 1 heterocycles. The first kappa shape index (κ1) is 23.0. The topological polar surface area (TPSA) is 87.2 Å². The fourth-order valence-electron chi connectivity index (χ4n) is 3.18. The smallest absolute Gasteiger partial charge is 0.241 e. The van der Waals surface area contributed by atoms with Crippen LogP contribution in [0.15, 0.2) is 29.3 Å². The normalized spacial score (nSPS) is 16.2. The van der Waals surface area contributed by atoms with Crippen LogP contribution in [-0.2, 0) is 9.53 Å². The van der Waals surface area contributed by atoms with Crippen molar-refractivity contribution in [3.8, 4) is 5.75 Å². The van der Waals surface area contributed by atoms with E-state index < -0.39 is 0 Å². The summed E-state index contributed by atoms with van der Waals surface area (Å²) in [6.07, 6.45) is 0.914. The number of rotatable bonds is 10. The highest BCUT2D eigenvalue weighted by atomic mass is 16.5. The molecule has 29 heavy (non-hydrogen) atoms. The SMILES string of the molecule is CCCNC(=O)CN=C(NCC)NCC(c1ccc(OC)cc1)N1CCOCC1. The van der Waals surface area contributed by atoms with Crippen LogP contribution in [0, 0.1) is 0 Å². The quantitative estimate of drug-likeness (QED) is 0.400. The summed E-state index contributed by atoms with van der Waals surface area (Å²) in [5, 5.41) is 9.47. The van der Waals surface area contributed by atoms with E-state index in [1.807, 2.05) is 26.0 Å². The first-order chi connectivity index (χ1) is 14.2. The molecule has 8 heteroatoms. The van der Waals surface area contributed by atoms with Gasteiger partial charge in [0.25, 0.3) is 0 Å². The number of ether oxygens (including phenoxy) is 2. The summed E-state index contributed by atoms with van der Waals surface area (Å²) in [5.41, 5.74) is 1.21. The molecule has 0 bridgehead atoms. The van der Waals surface area contributed by atoms with Gasteiger partial charge in [0.15, 0.2) is 5.96 Å². The lowest BCUT2D eigenvalue weighted by Crippen LogP contribution is -2.46. The van der Waals surface area contributed by atoms with Gasteiger partial charge in [-0.15, -0.1) is 0 Å². The molecular formula is C21H35N5O3. The number of guanidine groups is 1. The molecule has 0 aromatic heterocycles. The van der Waals surface area contributed by atoms with Crippen molar-refractivity contribution in [2.45, 2.75) is 26.3 Å². The molecule has 1 aromatic rings. The van der Waals surface area contributed by atoms with Gasteiger partial charge in [0, 0.05) is 32.7 Å². The maximum Gasteiger partial charge on any atom is 0.241 e. The molecule has 8 nitrogen and oxygen atoms in total. The number of hydrogen-bond acceptors (Lipinski definition) is 5. The number of morpholine rings is 1. The molecule has 0 saturated carbocycles. The van der Waals surface area contributed by atoms with Crippen LogP contribution in [0.25, 0.3) is 0 Å². The molecule has 1 aromatic carbocycles. The Balaban J connectivity index is 2.05. The summed E-state index contributed by atoms with van der Waals surface area (Å²) in [6.45, 7) is 9.46. The van der Waals surface area contributed by atoms with Crippen LogP contribution >= 0.6 is 0 Å². The maximum atomic E-state index is 11.9. The minimum absolute atomic E-state index is 0.0658. The molecule has 1 fully saturated rings. The zero-order valence-corrected chi connectivity index (χ0v) is 17.9. The Hall–Kier alpha value is -2.32. The molecule has 1 aliphatic rings. The molecule has 0 aliphatic carbocycles. The summed E-state index contributed by atoms with van der Waals surface area (Å²) >= 11 is 0. The van der Waals surface area contributed by atoms with Crippen LogP contribution in [0.3, 0.4) is 0 Å². The number of benzene rings is 1. The second-order valence-electron chi connectivity index (χ2n) is 6.86. The van der Waals surface area contributed by atoms with Gasteiger partial charge in [0.1, 0.15) is 12.3 Å². The van der Waals surface area contributed by atoms with Crippen molar-refractivity contribution in [2.24, 2.45) is 4.99 Å². The second-order valence-corrected chi connectivity index (χ2v) is 6.86. The predicted molar refractivity (Wildman–Crippen MR) is 115 cm³/mol. The lowest BCUT2D eigenvalue weighted by Gasteiger charge is -2.35. The van der Waals surface area contributed by atoms with Crippen LogP contribution in [0.1, 0.15) is 31.9 Å². The van der Waals surface area contributed by atoms with E-state index in [2.05, 4.69) is 38.0 Å². The van der Waals surface area contributed by atoms with Gasteiger partial charge in [-0.3, -0.25) is 9.69 Å². The number of nitrogens with one attached hydrogen (secondary N) is 3. The van der Waals surface area contributed by atoms with E-state index in [9.17, 15) is 4.79 Å². The maximum absolute atomic E-state index is 11.9. The van der Waals surface area contributed by atoms with Gasteiger partial charge in [-0.2, -0.15) is 0 Å². The average Bonchev–Trinajstić information content (AvgIpc) is 2.77. The molecule has 1 aliphatic heterocycles. The van der Waals surface area contributed by atoms with Gasteiger partial charge in [-0.05, 0) is 31.0 Å².